The van der Waals surface area contributed by atoms with E-state index in [-0.39, 0.29) is 0 Å². The minimum Gasteiger partial charge on any atom is -0.357 e. The van der Waals surface area contributed by atoms with Crippen LogP contribution in [0.4, 0.5) is 17.8 Å². The Bertz CT molecular complexity index is 397. The number of anilines is 3. The molecule has 1 atom stereocenters. The highest BCUT2D eigenvalue weighted by Crippen LogP contribution is 2.10. The smallest absolute Gasteiger partial charge is 0.231 e. The van der Waals surface area contributed by atoms with Gasteiger partial charge < -0.3 is 15.5 Å². The van der Waals surface area contributed by atoms with E-state index in [1.54, 1.807) is 18.2 Å². The van der Waals surface area contributed by atoms with Crippen LogP contribution in [0.2, 0.25) is 0 Å². The summed E-state index contributed by atoms with van der Waals surface area (Å²) in [5, 5.41) is 5.90. The van der Waals surface area contributed by atoms with Gasteiger partial charge in [0.1, 0.15) is 0 Å². The van der Waals surface area contributed by atoms with Gasteiger partial charge in [0.25, 0.3) is 0 Å². The van der Waals surface area contributed by atoms with E-state index < -0.39 is 10.8 Å². The topological polar surface area (TPSA) is 83.0 Å². The van der Waals surface area contributed by atoms with Crippen molar-refractivity contribution in [1.29, 1.82) is 0 Å². The molecule has 7 nitrogen and oxygen atoms in total. The van der Waals surface area contributed by atoms with Crippen LogP contribution in [0.25, 0.3) is 0 Å². The van der Waals surface area contributed by atoms with Crippen molar-refractivity contribution in [3.8, 4) is 0 Å². The van der Waals surface area contributed by atoms with Crippen molar-refractivity contribution in [3.05, 3.63) is 0 Å². The van der Waals surface area contributed by atoms with E-state index in [4.69, 9.17) is 0 Å². The normalized spacial score (nSPS) is 12.0. The lowest BCUT2D eigenvalue weighted by Gasteiger charge is -2.12. The Morgan fingerprint density at radius 1 is 1.24 bits per heavy atom. The Morgan fingerprint density at radius 2 is 1.88 bits per heavy atom. The molecule has 0 aliphatic rings. The van der Waals surface area contributed by atoms with Crippen LogP contribution in [-0.4, -0.2) is 58.9 Å². The molecule has 8 heteroatoms. The van der Waals surface area contributed by atoms with E-state index >= 15 is 0 Å². The maximum Gasteiger partial charge on any atom is 0.231 e. The first-order valence-corrected chi connectivity index (χ1v) is 6.90. The third-order valence-corrected chi connectivity index (χ3v) is 2.70. The van der Waals surface area contributed by atoms with E-state index in [0.717, 1.165) is 0 Å². The molecule has 96 valence electrons. The number of hydrogen-bond acceptors (Lipinski definition) is 7. The van der Waals surface area contributed by atoms with E-state index in [1.165, 1.54) is 0 Å². The predicted octanol–water partition coefficient (Wildman–Crippen LogP) is -0.230. The quantitative estimate of drug-likeness (QED) is 0.729. The summed E-state index contributed by atoms with van der Waals surface area (Å²) in [6.07, 6.45) is 1.67. The van der Waals surface area contributed by atoms with E-state index in [9.17, 15) is 4.21 Å². The second-order valence-corrected chi connectivity index (χ2v) is 5.19. The van der Waals surface area contributed by atoms with Crippen LogP contribution in [0.15, 0.2) is 0 Å². The molecule has 0 amide bonds. The highest BCUT2D eigenvalue weighted by molar-refractivity contribution is 7.84. The third kappa shape index (κ3) is 4.51. The van der Waals surface area contributed by atoms with Crippen LogP contribution >= 0.6 is 0 Å². The molecule has 0 saturated heterocycles. The highest BCUT2D eigenvalue weighted by Gasteiger charge is 2.06. The van der Waals surface area contributed by atoms with Gasteiger partial charge in [0, 0.05) is 50.5 Å². The monoisotopic (exact) mass is 258 g/mol. The lowest BCUT2D eigenvalue weighted by atomic mass is 10.7. The third-order valence-electron chi connectivity index (χ3n) is 1.92. The zero-order valence-electron chi connectivity index (χ0n) is 10.5. The lowest BCUT2D eigenvalue weighted by molar-refractivity contribution is 0.687. The summed E-state index contributed by atoms with van der Waals surface area (Å²) in [6, 6.07) is 0. The van der Waals surface area contributed by atoms with Gasteiger partial charge in [-0.2, -0.15) is 15.0 Å². The highest BCUT2D eigenvalue weighted by atomic mass is 32.2. The summed E-state index contributed by atoms with van der Waals surface area (Å²) in [7, 11) is 4.65. The Hall–Kier alpha value is -1.44. The van der Waals surface area contributed by atoms with Gasteiger partial charge in [0.2, 0.25) is 17.8 Å². The average Bonchev–Trinajstić information content (AvgIpc) is 2.28. The summed E-state index contributed by atoms with van der Waals surface area (Å²) in [5.74, 6) is 2.13. The molecule has 17 heavy (non-hydrogen) atoms. The minimum absolute atomic E-state index is 0.485. The van der Waals surface area contributed by atoms with Gasteiger partial charge in [-0.3, -0.25) is 4.21 Å². The molecule has 1 aromatic rings. The van der Waals surface area contributed by atoms with E-state index in [2.05, 4.69) is 25.6 Å². The Morgan fingerprint density at radius 3 is 2.41 bits per heavy atom. The predicted molar refractivity (Wildman–Crippen MR) is 71.1 cm³/mol. The summed E-state index contributed by atoms with van der Waals surface area (Å²) in [5.41, 5.74) is 0. The molecule has 0 saturated carbocycles. The molecule has 0 aromatic carbocycles. The van der Waals surface area contributed by atoms with Crippen molar-refractivity contribution >= 4 is 28.6 Å². The molecule has 1 aromatic heterocycles. The maximum atomic E-state index is 10.9. The van der Waals surface area contributed by atoms with Crippen LogP contribution in [0.3, 0.4) is 0 Å². The zero-order valence-corrected chi connectivity index (χ0v) is 11.3. The first kappa shape index (κ1) is 13.6. The molecular weight excluding hydrogens is 240 g/mol. The second-order valence-electron chi connectivity index (χ2n) is 3.63. The van der Waals surface area contributed by atoms with Crippen LogP contribution < -0.4 is 15.5 Å². The summed E-state index contributed by atoms with van der Waals surface area (Å²) in [4.78, 5) is 14.4. The Kier molecular flexibility index (Phi) is 5.08. The SMILES string of the molecule is CNc1nc(NCCS(C)=O)nc(N(C)C)n1. The summed E-state index contributed by atoms with van der Waals surface area (Å²) in [6.45, 7) is 0.573. The van der Waals surface area contributed by atoms with E-state index in [1.807, 2.05) is 14.1 Å². The van der Waals surface area contributed by atoms with Gasteiger partial charge in [0.15, 0.2) is 0 Å². The molecule has 0 aliphatic heterocycles. The number of nitrogens with one attached hydrogen (secondary N) is 2. The molecule has 0 aliphatic carbocycles. The van der Waals surface area contributed by atoms with Crippen LogP contribution in [-0.2, 0) is 10.8 Å². The fourth-order valence-corrected chi connectivity index (χ4v) is 1.45. The van der Waals surface area contributed by atoms with Crippen molar-refractivity contribution < 1.29 is 4.21 Å². The molecule has 0 spiro atoms. The zero-order chi connectivity index (χ0) is 12.8. The first-order valence-electron chi connectivity index (χ1n) is 5.18. The van der Waals surface area contributed by atoms with Gasteiger partial charge in [-0.1, -0.05) is 0 Å². The van der Waals surface area contributed by atoms with Crippen molar-refractivity contribution in [3.63, 3.8) is 0 Å². The number of hydrogen-bond donors (Lipinski definition) is 2. The number of aromatic nitrogens is 3. The van der Waals surface area contributed by atoms with Crippen molar-refractivity contribution in [2.24, 2.45) is 0 Å². The molecular formula is C9H18N6OS. The molecule has 1 heterocycles. The van der Waals surface area contributed by atoms with Crippen LogP contribution in [0, 0.1) is 0 Å². The summed E-state index contributed by atoms with van der Waals surface area (Å²) >= 11 is 0. The Labute approximate surface area is 104 Å². The van der Waals surface area contributed by atoms with Crippen molar-refractivity contribution in [2.45, 2.75) is 0 Å². The van der Waals surface area contributed by atoms with Gasteiger partial charge in [0.05, 0.1) is 0 Å². The molecule has 1 rings (SSSR count). The second kappa shape index (κ2) is 6.33. The minimum atomic E-state index is -0.820. The van der Waals surface area contributed by atoms with Gasteiger partial charge >= 0.3 is 0 Å². The summed E-state index contributed by atoms with van der Waals surface area (Å²) < 4.78 is 10.9. The van der Waals surface area contributed by atoms with Crippen LogP contribution in [0.5, 0.6) is 0 Å². The molecule has 0 radical (unpaired) electrons. The van der Waals surface area contributed by atoms with E-state index in [0.29, 0.717) is 30.1 Å². The lowest BCUT2D eigenvalue weighted by Crippen LogP contribution is -2.18. The maximum absolute atomic E-state index is 10.9. The first-order chi connectivity index (χ1) is 8.02. The standard InChI is InChI=1S/C9H18N6OS/c1-10-7-12-8(11-5-6-17(4)16)14-9(13-7)15(2)3/h5-6H2,1-4H3,(H2,10,11,12,13,14). The van der Waals surface area contributed by atoms with Gasteiger partial charge in [-0.15, -0.1) is 0 Å². The molecule has 0 fully saturated rings. The fraction of sp³-hybridized carbons (Fsp3) is 0.667. The molecule has 1 unspecified atom stereocenters. The fourth-order valence-electron chi connectivity index (χ4n) is 1.06. The van der Waals surface area contributed by atoms with Gasteiger partial charge in [-0.25, -0.2) is 0 Å². The van der Waals surface area contributed by atoms with Crippen molar-refractivity contribution in [2.75, 3.05) is 55.2 Å². The number of nitrogens with zero attached hydrogens (tertiary/aromatic N) is 4. The molecule has 2 N–H and O–H groups in total. The van der Waals surface area contributed by atoms with Crippen molar-refractivity contribution in [1.82, 2.24) is 15.0 Å². The average molecular weight is 258 g/mol. The van der Waals surface area contributed by atoms with Crippen LogP contribution in [0.1, 0.15) is 0 Å². The number of rotatable bonds is 6. The molecule has 0 bridgehead atoms. The Balaban J connectivity index is 2.76. The largest absolute Gasteiger partial charge is 0.357 e. The van der Waals surface area contributed by atoms with Gasteiger partial charge in [-0.05, 0) is 0 Å².